The minimum Gasteiger partial charge on any atom is -0.457 e. The second kappa shape index (κ2) is 20.4. The average Bonchev–Trinajstić information content (AvgIpc) is 4.14. The van der Waals surface area contributed by atoms with Crippen LogP contribution in [0.3, 0.4) is 0 Å². The monoisotopic (exact) mass is 1010 g/mol. The predicted octanol–water partition coefficient (Wildman–Crippen LogP) is -38.3. The summed E-state index contributed by atoms with van der Waals surface area (Å²) < 4.78 is 15.3. The van der Waals surface area contributed by atoms with Gasteiger partial charge in [-0.1, -0.05) is 110 Å². The number of hydrogen-bond donors (Lipinski definition) is 0. The van der Waals surface area contributed by atoms with Crippen molar-refractivity contribution in [1.82, 2.24) is 0 Å². The SMILES string of the molecule is Bc1cc(-c2c(B)c(B)c(N(c3c(B)c(B)c(-c4c(B)c(B)c(B)c(B)c4B)c(B)c3B)c3c(B)c(B)c4c(oc5c(-c6c(B)c(B)c(B)c(B)c6B)c6c(oc7c(B)c(B)c(B)c(B)c76)c(B)c54)c3B)c(B)c2B)c(B)c(B)c1B. The van der Waals surface area contributed by atoms with E-state index in [1.165, 1.54) is 209 Å². The van der Waals surface area contributed by atoms with Crippen LogP contribution in [0, 0.1) is 0 Å². The summed E-state index contributed by atoms with van der Waals surface area (Å²) in [6, 6.07) is 2.44. The summed E-state index contributed by atoms with van der Waals surface area (Å²) in [6.45, 7) is 0. The van der Waals surface area contributed by atoms with E-state index in [1.54, 1.807) is 0 Å². The fourth-order valence-corrected chi connectivity index (χ4v) is 15.2. The summed E-state index contributed by atoms with van der Waals surface area (Å²) in [5.74, 6) is 0. The molecule has 0 atom stereocenters. The molecule has 0 bridgehead atoms. The predicted molar refractivity (Wildman–Crippen MR) is 457 cm³/mol. The van der Waals surface area contributed by atoms with E-state index >= 15 is 0 Å². The zero-order valence-electron chi connectivity index (χ0n) is 55.3. The molecule has 0 spiro atoms. The zero-order chi connectivity index (χ0) is 59.8. The van der Waals surface area contributed by atoms with Gasteiger partial charge in [0.25, 0.3) is 0 Å². The van der Waals surface area contributed by atoms with E-state index in [1.807, 2.05) is 0 Å². The van der Waals surface area contributed by atoms with Crippen LogP contribution in [-0.2, 0) is 0 Å². The van der Waals surface area contributed by atoms with Crippen LogP contribution in [-0.4, -0.2) is 235 Å². The van der Waals surface area contributed by atoms with Crippen LogP contribution >= 0.6 is 0 Å². The molecule has 10 aromatic rings. The molecule has 10 rings (SSSR count). The van der Waals surface area contributed by atoms with Crippen molar-refractivity contribution in [2.45, 2.75) is 0 Å². The molecule has 0 fully saturated rings. The molecule has 0 aliphatic heterocycles. The van der Waals surface area contributed by atoms with Gasteiger partial charge in [0, 0.05) is 44.2 Å². The molecule has 33 heteroatoms. The van der Waals surface area contributed by atoms with Crippen molar-refractivity contribution in [3.8, 4) is 33.4 Å². The molecule has 0 radical (unpaired) electrons. The number of benzene rings is 8. The van der Waals surface area contributed by atoms with E-state index in [0.717, 1.165) is 49.6 Å². The molecular weight excluding hydrogens is 947 g/mol. The Morgan fingerprint density at radius 3 is 0.926 bits per heavy atom. The van der Waals surface area contributed by atoms with Gasteiger partial charge in [-0.15, -0.1) is 49.2 Å². The highest BCUT2D eigenvalue weighted by molar-refractivity contribution is 6.75. The third-order valence-corrected chi connectivity index (χ3v) is 22.5. The van der Waals surface area contributed by atoms with Crippen LogP contribution < -0.4 is 169 Å². The molecule has 0 unspecified atom stereocenters. The van der Waals surface area contributed by atoms with E-state index in [9.17, 15) is 0 Å². The Labute approximate surface area is 509 Å². The molecular formula is C48H61B30NO2. The first-order valence-corrected chi connectivity index (χ1v) is 29.8. The first kappa shape index (κ1) is 59.3. The molecule has 8 aromatic carbocycles. The average molecular weight is 1010 g/mol. The van der Waals surface area contributed by atoms with Crippen LogP contribution in [0.2, 0.25) is 0 Å². The Morgan fingerprint density at radius 2 is 0.469 bits per heavy atom. The van der Waals surface area contributed by atoms with Crippen molar-refractivity contribution in [3.63, 3.8) is 0 Å². The van der Waals surface area contributed by atoms with Gasteiger partial charge in [0.1, 0.15) is 258 Å². The van der Waals surface area contributed by atoms with Crippen LogP contribution in [0.25, 0.3) is 77.3 Å². The van der Waals surface area contributed by atoms with Gasteiger partial charge >= 0.3 is 0 Å². The van der Waals surface area contributed by atoms with Crippen LogP contribution in [0.5, 0.6) is 0 Å². The molecule has 0 aliphatic rings. The number of hydrogen-bond acceptors (Lipinski definition) is 3. The summed E-state index contributed by atoms with van der Waals surface area (Å²) in [7, 11) is 69.7. The number of fused-ring (bicyclic) bond motifs is 6. The van der Waals surface area contributed by atoms with Gasteiger partial charge in [-0.05, 0) is 38.7 Å². The minimum atomic E-state index is 0.934. The zero-order valence-corrected chi connectivity index (χ0v) is 55.3. The van der Waals surface area contributed by atoms with E-state index in [4.69, 9.17) is 8.83 Å². The van der Waals surface area contributed by atoms with Gasteiger partial charge in [0.15, 0.2) is 0 Å². The molecule has 2 aromatic heterocycles. The Hall–Kier alpha value is -4.89. The second-order valence-electron chi connectivity index (χ2n) is 25.6. The van der Waals surface area contributed by atoms with E-state index in [-0.39, 0.29) is 0 Å². The summed E-state index contributed by atoms with van der Waals surface area (Å²) in [6.07, 6.45) is 0. The Balaban J connectivity index is 1.42. The first-order chi connectivity index (χ1) is 37.8. The molecule has 0 aliphatic carbocycles. The van der Waals surface area contributed by atoms with Gasteiger partial charge in [0.2, 0.25) is 0 Å². The third-order valence-electron chi connectivity index (χ3n) is 22.5. The molecule has 360 valence electrons. The largest absolute Gasteiger partial charge is 0.457 e. The topological polar surface area (TPSA) is 29.5 Å². The summed E-state index contributed by atoms with van der Waals surface area (Å²) in [4.78, 5) is 2.71. The van der Waals surface area contributed by atoms with Crippen molar-refractivity contribution in [2.24, 2.45) is 0 Å². The lowest BCUT2D eigenvalue weighted by molar-refractivity contribution is 0.669. The smallest absolute Gasteiger partial charge is 0.147 e. The third kappa shape index (κ3) is 8.06. The molecule has 0 saturated heterocycles. The van der Waals surface area contributed by atoms with E-state index in [0.29, 0.717) is 0 Å². The maximum atomic E-state index is 7.92. The maximum Gasteiger partial charge on any atom is 0.147 e. The highest BCUT2D eigenvalue weighted by Crippen LogP contribution is 2.42. The Kier molecular flexibility index (Phi) is 14.9. The number of anilines is 3. The molecule has 0 N–H and O–H groups in total. The van der Waals surface area contributed by atoms with Gasteiger partial charge < -0.3 is 13.7 Å². The number of furan rings is 2. The first-order valence-electron chi connectivity index (χ1n) is 29.8. The number of rotatable bonds is 6. The lowest BCUT2D eigenvalue weighted by Gasteiger charge is -2.39. The summed E-state index contributed by atoms with van der Waals surface area (Å²) in [5, 5.41) is 4.68. The van der Waals surface area contributed by atoms with Gasteiger partial charge in [-0.25, -0.2) is 0 Å². The van der Waals surface area contributed by atoms with E-state index in [2.05, 4.69) is 246 Å². The molecule has 0 amide bonds. The van der Waals surface area contributed by atoms with Crippen LogP contribution in [0.4, 0.5) is 17.1 Å². The van der Waals surface area contributed by atoms with Crippen molar-refractivity contribution in [1.29, 1.82) is 0 Å². The fourth-order valence-electron chi connectivity index (χ4n) is 15.2. The Morgan fingerprint density at radius 1 is 0.198 bits per heavy atom. The normalized spacial score (nSPS) is 11.7. The molecule has 0 saturated carbocycles. The van der Waals surface area contributed by atoms with Crippen molar-refractivity contribution >= 4 is 460 Å². The fraction of sp³-hybridized carbons (Fsp3) is 0. The van der Waals surface area contributed by atoms with Crippen molar-refractivity contribution < 1.29 is 8.83 Å². The molecule has 81 heavy (non-hydrogen) atoms. The van der Waals surface area contributed by atoms with Crippen LogP contribution in [0.1, 0.15) is 0 Å². The van der Waals surface area contributed by atoms with Gasteiger partial charge in [0.05, 0.1) is 0 Å². The molecule has 3 nitrogen and oxygen atoms in total. The standard InChI is InChI=1S/C48H61B30NO2/c49-3-1-2(13(50)26(63)14(3)51)4-15(52)35(72)42(36(73)16(4)53)79(43-37(74)21(58)9(22(59)38(43)75)8-19(56)29(66)33(70)30(67)20(8)57)44-39(76)24(61)11-12-25(62)46-6(10-23(60)31(68)34(71)40(77)47(10)81-46)5(45(12)80-48(11)41(44)78)7-17(54)27(64)32(69)28(65)18(7)55/h1H,49-78H2. The Bertz CT molecular complexity index is 4490. The lowest BCUT2D eigenvalue weighted by Crippen LogP contribution is -2.57. The number of nitrogens with zero attached hydrogens (tertiary/aromatic N) is 1. The maximum absolute atomic E-state index is 7.92. The van der Waals surface area contributed by atoms with Crippen molar-refractivity contribution in [3.05, 3.63) is 6.07 Å². The second-order valence-corrected chi connectivity index (χ2v) is 25.6. The minimum absolute atomic E-state index is 0.934. The highest BCUT2D eigenvalue weighted by Gasteiger charge is 2.34. The van der Waals surface area contributed by atoms with Crippen LogP contribution in [0.15, 0.2) is 14.9 Å². The lowest BCUT2D eigenvalue weighted by atomic mass is 9.56. The van der Waals surface area contributed by atoms with Gasteiger partial charge in [-0.3, -0.25) is 0 Å². The van der Waals surface area contributed by atoms with Gasteiger partial charge in [-0.2, -0.15) is 0 Å². The molecule has 2 heterocycles. The highest BCUT2D eigenvalue weighted by atomic mass is 16.3. The summed E-state index contributed by atoms with van der Waals surface area (Å²) in [5.41, 5.74) is 54.5. The van der Waals surface area contributed by atoms with Crippen molar-refractivity contribution in [2.75, 3.05) is 4.90 Å². The van der Waals surface area contributed by atoms with E-state index < -0.39 is 0 Å². The summed E-state index contributed by atoms with van der Waals surface area (Å²) >= 11 is 0. The quantitative estimate of drug-likeness (QED) is 0.156.